The summed E-state index contributed by atoms with van der Waals surface area (Å²) in [6, 6.07) is 1.50. The SMILES string of the molecule is Cc1c(-c2c(C)c3c(c(C)c2C(OC(C)(C)C)C(=O)O)CCN(C(=O)C2CCCCC2)C3)cc(F)c2c1CCCO2. The molecule has 2 aliphatic heterocycles. The molecule has 2 aromatic rings. The van der Waals surface area contributed by atoms with Gasteiger partial charge in [-0.15, -0.1) is 0 Å². The molecule has 0 saturated heterocycles. The number of halogens is 1. The topological polar surface area (TPSA) is 76.1 Å². The highest BCUT2D eigenvalue weighted by atomic mass is 19.1. The predicted octanol–water partition coefficient (Wildman–Crippen LogP) is 7.15. The molecule has 1 fully saturated rings. The average molecular weight is 566 g/mol. The molecule has 1 unspecified atom stereocenters. The summed E-state index contributed by atoms with van der Waals surface area (Å²) in [5.41, 5.74) is 6.85. The first-order valence-corrected chi connectivity index (χ1v) is 15.2. The molecule has 222 valence electrons. The molecule has 41 heavy (non-hydrogen) atoms. The standard InChI is InChI=1S/C34H44FNO5/c1-19-24-13-10-16-40-30(24)27(35)17-25(19)28-21(3)26-18-36(32(37)22-11-8-7-9-12-22)15-14-23(26)20(2)29(28)31(33(38)39)41-34(4,5)6/h17,22,31H,7-16,18H2,1-6H3,(H,38,39). The second kappa shape index (κ2) is 11.4. The van der Waals surface area contributed by atoms with Gasteiger partial charge in [0.1, 0.15) is 0 Å². The van der Waals surface area contributed by atoms with Crippen LogP contribution >= 0.6 is 0 Å². The molecule has 3 aliphatic rings. The predicted molar refractivity (Wildman–Crippen MR) is 157 cm³/mol. The minimum absolute atomic E-state index is 0.0824. The Hall–Kier alpha value is -2.93. The van der Waals surface area contributed by atoms with E-state index in [1.54, 1.807) is 0 Å². The number of benzene rings is 2. The van der Waals surface area contributed by atoms with E-state index in [9.17, 15) is 14.7 Å². The number of carbonyl (C=O) groups is 2. The van der Waals surface area contributed by atoms with Crippen LogP contribution in [0.4, 0.5) is 4.39 Å². The van der Waals surface area contributed by atoms with Gasteiger partial charge < -0.3 is 19.5 Å². The number of aliphatic carboxylic acids is 1. The van der Waals surface area contributed by atoms with Crippen molar-refractivity contribution < 1.29 is 28.6 Å². The zero-order valence-corrected chi connectivity index (χ0v) is 25.4. The van der Waals surface area contributed by atoms with Gasteiger partial charge >= 0.3 is 5.97 Å². The summed E-state index contributed by atoms with van der Waals surface area (Å²) in [6.45, 7) is 13.0. The number of carboxylic acids is 1. The molecule has 0 spiro atoms. The lowest BCUT2D eigenvalue weighted by atomic mass is 9.78. The average Bonchev–Trinajstić information content (AvgIpc) is 2.95. The van der Waals surface area contributed by atoms with Crippen LogP contribution in [0.15, 0.2) is 6.07 Å². The first-order valence-electron chi connectivity index (χ1n) is 15.2. The van der Waals surface area contributed by atoms with Crippen molar-refractivity contribution in [2.45, 2.75) is 111 Å². The molecular weight excluding hydrogens is 521 g/mol. The van der Waals surface area contributed by atoms with Gasteiger partial charge in [-0.25, -0.2) is 9.18 Å². The quantitative estimate of drug-likeness (QED) is 0.417. The van der Waals surface area contributed by atoms with E-state index in [0.29, 0.717) is 55.0 Å². The van der Waals surface area contributed by atoms with Crippen molar-refractivity contribution in [2.75, 3.05) is 13.2 Å². The Bertz CT molecular complexity index is 1370. The zero-order valence-electron chi connectivity index (χ0n) is 25.4. The maximum atomic E-state index is 15.6. The molecule has 0 aromatic heterocycles. The van der Waals surface area contributed by atoms with Crippen molar-refractivity contribution in [3.63, 3.8) is 0 Å². The van der Waals surface area contributed by atoms with Crippen LogP contribution in [-0.4, -0.2) is 40.6 Å². The van der Waals surface area contributed by atoms with Crippen LogP contribution in [0.1, 0.15) is 104 Å². The summed E-state index contributed by atoms with van der Waals surface area (Å²) >= 11 is 0. The number of fused-ring (bicyclic) bond motifs is 2. The Kier molecular flexibility index (Phi) is 8.21. The fraction of sp³-hybridized carbons (Fsp3) is 0.588. The van der Waals surface area contributed by atoms with E-state index in [1.807, 2.05) is 46.4 Å². The second-order valence-electron chi connectivity index (χ2n) is 13.1. The van der Waals surface area contributed by atoms with Crippen LogP contribution < -0.4 is 4.74 Å². The lowest BCUT2D eigenvalue weighted by Crippen LogP contribution is -2.41. The minimum Gasteiger partial charge on any atom is -0.490 e. The fourth-order valence-electron chi connectivity index (χ4n) is 7.20. The fourth-order valence-corrected chi connectivity index (χ4v) is 7.20. The van der Waals surface area contributed by atoms with Crippen molar-refractivity contribution in [2.24, 2.45) is 5.92 Å². The van der Waals surface area contributed by atoms with E-state index in [2.05, 4.69) is 0 Å². The van der Waals surface area contributed by atoms with Gasteiger partial charge in [0.2, 0.25) is 5.91 Å². The molecule has 1 atom stereocenters. The molecular formula is C34H44FNO5. The van der Waals surface area contributed by atoms with Gasteiger partial charge in [0.15, 0.2) is 17.7 Å². The Morgan fingerprint density at radius 1 is 1.00 bits per heavy atom. The Labute approximate surface area is 243 Å². The Morgan fingerprint density at radius 3 is 2.37 bits per heavy atom. The number of hydrogen-bond donors (Lipinski definition) is 1. The van der Waals surface area contributed by atoms with Crippen LogP contribution in [0.3, 0.4) is 0 Å². The molecule has 1 N–H and O–H groups in total. The van der Waals surface area contributed by atoms with Gasteiger partial charge in [0.05, 0.1) is 12.2 Å². The number of nitrogens with zero attached hydrogens (tertiary/aromatic N) is 1. The molecule has 0 radical (unpaired) electrons. The van der Waals surface area contributed by atoms with Crippen LogP contribution in [0.2, 0.25) is 0 Å². The van der Waals surface area contributed by atoms with E-state index in [0.717, 1.165) is 65.5 Å². The maximum Gasteiger partial charge on any atom is 0.337 e. The summed E-state index contributed by atoms with van der Waals surface area (Å²) in [7, 11) is 0. The molecule has 0 bridgehead atoms. The number of hydrogen-bond acceptors (Lipinski definition) is 4. The van der Waals surface area contributed by atoms with Gasteiger partial charge in [0, 0.05) is 30.1 Å². The summed E-state index contributed by atoms with van der Waals surface area (Å²) in [6.07, 6.45) is 6.22. The van der Waals surface area contributed by atoms with Crippen LogP contribution in [0.25, 0.3) is 11.1 Å². The van der Waals surface area contributed by atoms with E-state index < -0.39 is 23.5 Å². The molecule has 2 heterocycles. The third-order valence-electron chi connectivity index (χ3n) is 9.23. The number of carboxylic acid groups (broad SMARTS) is 1. The first-order chi connectivity index (χ1) is 19.4. The largest absolute Gasteiger partial charge is 0.490 e. The maximum absolute atomic E-state index is 15.6. The van der Waals surface area contributed by atoms with Gasteiger partial charge in [-0.2, -0.15) is 0 Å². The summed E-state index contributed by atoms with van der Waals surface area (Å²) < 4.78 is 27.5. The molecule has 5 rings (SSSR count). The van der Waals surface area contributed by atoms with Crippen molar-refractivity contribution in [3.8, 4) is 16.9 Å². The Balaban J connectivity index is 1.71. The highest BCUT2D eigenvalue weighted by Gasteiger charge is 2.37. The highest BCUT2D eigenvalue weighted by Crippen LogP contribution is 2.46. The third-order valence-corrected chi connectivity index (χ3v) is 9.23. The van der Waals surface area contributed by atoms with Crippen LogP contribution in [0, 0.1) is 32.5 Å². The first kappa shape index (κ1) is 29.6. The van der Waals surface area contributed by atoms with Crippen LogP contribution in [0.5, 0.6) is 5.75 Å². The lowest BCUT2D eigenvalue weighted by Gasteiger charge is -2.37. The lowest BCUT2D eigenvalue weighted by molar-refractivity contribution is -0.160. The number of rotatable bonds is 5. The van der Waals surface area contributed by atoms with E-state index in [-0.39, 0.29) is 11.8 Å². The normalized spacial score (nSPS) is 18.4. The third kappa shape index (κ3) is 5.62. The highest BCUT2D eigenvalue weighted by molar-refractivity contribution is 5.86. The minimum atomic E-state index is -1.23. The molecule has 6 nitrogen and oxygen atoms in total. The number of amides is 1. The van der Waals surface area contributed by atoms with Crippen molar-refractivity contribution in [1.82, 2.24) is 4.90 Å². The smallest absolute Gasteiger partial charge is 0.337 e. The van der Waals surface area contributed by atoms with Crippen LogP contribution in [-0.2, 0) is 33.7 Å². The molecule has 2 aromatic carbocycles. The summed E-state index contributed by atoms with van der Waals surface area (Å²) in [5, 5.41) is 10.5. The monoisotopic (exact) mass is 565 g/mol. The molecule has 7 heteroatoms. The second-order valence-corrected chi connectivity index (χ2v) is 13.1. The number of carbonyl (C=O) groups excluding carboxylic acids is 1. The molecule has 1 aliphatic carbocycles. The number of ether oxygens (including phenoxy) is 2. The van der Waals surface area contributed by atoms with Gasteiger partial charge in [-0.3, -0.25) is 4.79 Å². The summed E-state index contributed by atoms with van der Waals surface area (Å²) in [4.78, 5) is 28.4. The molecule has 1 amide bonds. The van der Waals surface area contributed by atoms with Crippen molar-refractivity contribution >= 4 is 11.9 Å². The van der Waals surface area contributed by atoms with Gasteiger partial charge in [0.25, 0.3) is 0 Å². The zero-order chi connectivity index (χ0) is 29.6. The van der Waals surface area contributed by atoms with Crippen molar-refractivity contribution in [1.29, 1.82) is 0 Å². The molecule has 1 saturated carbocycles. The summed E-state index contributed by atoms with van der Waals surface area (Å²) in [5.74, 6) is -0.896. The Morgan fingerprint density at radius 2 is 1.71 bits per heavy atom. The van der Waals surface area contributed by atoms with E-state index >= 15 is 4.39 Å². The van der Waals surface area contributed by atoms with Gasteiger partial charge in [-0.05, 0) is 119 Å². The van der Waals surface area contributed by atoms with Gasteiger partial charge in [-0.1, -0.05) is 19.3 Å². The van der Waals surface area contributed by atoms with E-state index in [4.69, 9.17) is 9.47 Å². The van der Waals surface area contributed by atoms with E-state index in [1.165, 1.54) is 12.5 Å². The van der Waals surface area contributed by atoms with Crippen molar-refractivity contribution in [3.05, 3.63) is 50.8 Å².